The number of hydrogen-bond acceptors (Lipinski definition) is 2. The first-order valence-corrected chi connectivity index (χ1v) is 49.2. The maximum absolute atomic E-state index is 2.50. The Morgan fingerprint density at radius 3 is 0.750 bits per heavy atom. The molecule has 0 N–H and O–H groups in total. The van der Waals surface area contributed by atoms with E-state index in [2.05, 4.69) is 529 Å². The zero-order chi connectivity index (χ0) is 93.2. The Balaban J connectivity index is 0.000000104. The van der Waals surface area contributed by atoms with E-state index in [9.17, 15) is 0 Å². The lowest BCUT2D eigenvalue weighted by atomic mass is 9.74. The van der Waals surface area contributed by atoms with Gasteiger partial charge in [0.2, 0.25) is 0 Å². The van der Waals surface area contributed by atoms with Crippen molar-refractivity contribution >= 4 is 181 Å². The predicted octanol–water partition coefficient (Wildman–Crippen LogP) is 34.9. The quantitative estimate of drug-likeness (QED) is 0.152. The van der Waals surface area contributed by atoms with Crippen LogP contribution in [0.4, 0.5) is 34.1 Å². The second-order valence-corrected chi connectivity index (χ2v) is 41.1. The number of fused-ring (bicyclic) bond motifs is 29. The highest BCUT2D eigenvalue weighted by molar-refractivity contribution is 6.24. The second-order valence-electron chi connectivity index (χ2n) is 41.1. The second kappa shape index (κ2) is 29.2. The first-order chi connectivity index (χ1) is 68.5. The topological polar surface area (TPSA) is 35.5 Å². The predicted molar refractivity (Wildman–Crippen MR) is 589 cm³/mol. The number of anilines is 6. The molecule has 11 heterocycles. The molecule has 0 spiro atoms. The molecule has 0 amide bonds. The summed E-state index contributed by atoms with van der Waals surface area (Å²) >= 11 is 0. The van der Waals surface area contributed by atoms with Crippen LogP contribution in [0.25, 0.3) is 187 Å². The Morgan fingerprint density at radius 1 is 0.157 bits per heavy atom. The monoisotopic (exact) mass is 1790 g/mol. The average Bonchev–Trinajstić information content (AvgIpc) is 1.48. The van der Waals surface area contributed by atoms with E-state index >= 15 is 0 Å². The molecule has 0 saturated heterocycles. The summed E-state index contributed by atoms with van der Waals surface area (Å²) in [6.45, 7) is 19.1. The highest BCUT2D eigenvalue weighted by atomic mass is 15.2. The Morgan fingerprint density at radius 2 is 0.400 bits per heavy atom. The normalized spacial score (nSPS) is 14.2. The number of para-hydroxylation sites is 13. The van der Waals surface area contributed by atoms with Gasteiger partial charge in [-0.05, 0) is 213 Å². The van der Waals surface area contributed by atoms with Crippen LogP contribution in [0.2, 0.25) is 0 Å². The van der Waals surface area contributed by atoms with E-state index < -0.39 is 0 Å². The largest absolute Gasteiger partial charge is 0.310 e. The van der Waals surface area contributed by atoms with E-state index in [1.54, 1.807) is 0 Å². The fourth-order valence-corrected chi connectivity index (χ4v) is 25.8. The maximum Gasteiger partial charge on any atom is 0.0620 e. The van der Waals surface area contributed by atoms with Gasteiger partial charge in [0.25, 0.3) is 0 Å². The molecule has 664 valence electrons. The summed E-state index contributed by atoms with van der Waals surface area (Å²) < 4.78 is 14.8. The van der Waals surface area contributed by atoms with Crippen LogP contribution in [0.3, 0.4) is 0 Å². The SMILES string of the molecule is CC1(C)c2cc(N(c3ccc(-c4ccccc4)cc3)c3ccc4c(c3)C(C)(C)c3cccc5c6ccccc6n-4c35)ccc2-n2c3ccccc3c3cccc1c32.CC1(C)c2cc(N(c3ccccc3)c3ccc4c(c3)C(C)(C)c3cccc5c6ccccc6n-4c35)ccc2-n2c3ccccc3c3cccc1c32.c1ccc2c(c1)c1ccccc1n2-c1ccc2c(c1)c1cccc3c4ccccc4n2c31. The van der Waals surface area contributed by atoms with Gasteiger partial charge in [-0.1, -0.05) is 334 Å². The van der Waals surface area contributed by atoms with Gasteiger partial charge in [0.15, 0.2) is 0 Å². The molecule has 4 aliphatic heterocycles. The lowest BCUT2D eigenvalue weighted by Gasteiger charge is -2.37. The summed E-state index contributed by atoms with van der Waals surface area (Å²) in [6, 6.07) is 162. The van der Waals surface area contributed by atoms with E-state index in [-0.39, 0.29) is 21.7 Å². The van der Waals surface area contributed by atoms with Crippen molar-refractivity contribution in [3.63, 3.8) is 0 Å². The van der Waals surface area contributed by atoms with E-state index in [0.29, 0.717) is 0 Å². The summed E-state index contributed by atoms with van der Waals surface area (Å²) in [5, 5.41) is 18.3. The highest BCUT2D eigenvalue weighted by Gasteiger charge is 2.42. The number of aromatic nitrogens is 6. The summed E-state index contributed by atoms with van der Waals surface area (Å²) in [4.78, 5) is 4.91. The molecular weight excluding hydrogens is 1700 g/mol. The van der Waals surface area contributed by atoms with Crippen LogP contribution in [-0.2, 0) is 21.7 Å². The molecule has 8 heteroatoms. The molecule has 20 aromatic carbocycles. The zero-order valence-corrected chi connectivity index (χ0v) is 79.1. The minimum absolute atomic E-state index is 0.194. The van der Waals surface area contributed by atoms with Crippen molar-refractivity contribution in [2.75, 3.05) is 9.80 Å². The van der Waals surface area contributed by atoms with Crippen molar-refractivity contribution in [1.82, 2.24) is 27.2 Å². The van der Waals surface area contributed by atoms with Crippen LogP contribution < -0.4 is 9.80 Å². The van der Waals surface area contributed by atoms with Crippen LogP contribution in [0.5, 0.6) is 0 Å². The van der Waals surface area contributed by atoms with E-state index in [4.69, 9.17) is 0 Å². The van der Waals surface area contributed by atoms with Crippen LogP contribution in [0.15, 0.2) is 437 Å². The van der Waals surface area contributed by atoms with Crippen molar-refractivity contribution in [2.24, 2.45) is 0 Å². The fourth-order valence-electron chi connectivity index (χ4n) is 25.8. The van der Waals surface area contributed by atoms with Gasteiger partial charge in [-0.15, -0.1) is 0 Å². The number of rotatable bonds is 8. The van der Waals surface area contributed by atoms with Crippen LogP contribution in [0, 0.1) is 0 Å². The van der Waals surface area contributed by atoms with Crippen LogP contribution >= 0.6 is 0 Å². The number of nitrogens with zero attached hydrogens (tertiary/aromatic N) is 8. The van der Waals surface area contributed by atoms with Gasteiger partial charge < -0.3 is 37.0 Å². The maximum atomic E-state index is 2.50. The minimum atomic E-state index is -0.222. The van der Waals surface area contributed by atoms with Crippen molar-refractivity contribution in [3.8, 4) is 39.6 Å². The zero-order valence-electron chi connectivity index (χ0n) is 79.1. The molecule has 27 aromatic rings. The highest BCUT2D eigenvalue weighted by Crippen LogP contribution is 2.57. The lowest BCUT2D eigenvalue weighted by Crippen LogP contribution is -2.27. The molecule has 0 atom stereocenters. The van der Waals surface area contributed by atoms with Gasteiger partial charge in [0, 0.05) is 137 Å². The van der Waals surface area contributed by atoms with Crippen molar-refractivity contribution in [1.29, 1.82) is 0 Å². The van der Waals surface area contributed by atoms with Gasteiger partial charge in [0.05, 0.1) is 94.5 Å². The summed E-state index contributed by atoms with van der Waals surface area (Å²) in [5.74, 6) is 0. The van der Waals surface area contributed by atoms with E-state index in [0.717, 1.165) is 34.1 Å². The first kappa shape index (κ1) is 80.1. The van der Waals surface area contributed by atoms with Crippen molar-refractivity contribution in [2.45, 2.75) is 77.0 Å². The Kier molecular flexibility index (Phi) is 16.7. The molecular formula is C132H96N8. The molecule has 7 aromatic heterocycles. The van der Waals surface area contributed by atoms with Crippen molar-refractivity contribution < 1.29 is 0 Å². The number of benzene rings is 20. The molecule has 140 heavy (non-hydrogen) atoms. The summed E-state index contributed by atoms with van der Waals surface area (Å²) in [5.41, 5.74) is 42.1. The average molecular weight is 1790 g/mol. The Hall–Kier alpha value is -17.2. The molecule has 0 unspecified atom stereocenters. The van der Waals surface area contributed by atoms with E-state index in [1.807, 2.05) is 0 Å². The molecule has 8 nitrogen and oxygen atoms in total. The Labute approximate surface area is 810 Å². The lowest BCUT2D eigenvalue weighted by molar-refractivity contribution is 0.629. The summed E-state index contributed by atoms with van der Waals surface area (Å²) in [7, 11) is 0. The summed E-state index contributed by atoms with van der Waals surface area (Å²) in [6.07, 6.45) is 0. The van der Waals surface area contributed by atoms with Crippen LogP contribution in [-0.4, -0.2) is 27.2 Å². The van der Waals surface area contributed by atoms with Crippen LogP contribution in [0.1, 0.15) is 99.9 Å². The standard InChI is InChI=1S/C54H41N3.C48H37N3.C30H18N2/c1-53(2)43-20-12-18-41-39-16-8-10-22-47(39)56(51(41)43)49-30-28-37(32-45(49)53)55(36-26-24-35(25-27-36)34-14-6-5-7-15-34)38-29-31-50-46(33-38)54(3,4)44-21-13-19-42-40-17-9-11-23-48(40)57(50)52(42)44;1-47(2)37-20-12-18-35-33-16-8-10-22-41(33)50(45(35)37)43-26-24-31(28-39(43)47)49(30-14-6-5-7-15-30)32-25-27-44-40(29-32)48(3,4)38-21-13-19-36-34-17-9-11-23-42(34)51(44)46(36)38;1-4-13-26-20(8-1)21-9-2-5-14-27(21)31(26)19-16-17-29-25(18-19)24-12-7-11-23-22-10-3-6-15-28(22)32(29)30(23)24/h5-33H,1-4H3;5-29H,1-4H3;1-18H. The Bertz CT molecular complexity index is 9550. The smallest absolute Gasteiger partial charge is 0.0620 e. The van der Waals surface area contributed by atoms with Gasteiger partial charge in [0.1, 0.15) is 0 Å². The molecule has 0 bridgehead atoms. The van der Waals surface area contributed by atoms with E-state index in [1.165, 1.54) is 231 Å². The molecule has 0 aliphatic carbocycles. The fraction of sp³-hybridized carbons (Fsp3) is 0.0909. The van der Waals surface area contributed by atoms with Gasteiger partial charge >= 0.3 is 0 Å². The molecule has 0 radical (unpaired) electrons. The molecule has 4 aliphatic rings. The third-order valence-corrected chi connectivity index (χ3v) is 32.4. The van der Waals surface area contributed by atoms with Gasteiger partial charge in [-0.3, -0.25) is 0 Å². The van der Waals surface area contributed by atoms with Gasteiger partial charge in [-0.25, -0.2) is 0 Å². The third-order valence-electron chi connectivity index (χ3n) is 32.4. The number of hydrogen-bond donors (Lipinski definition) is 0. The first-order valence-electron chi connectivity index (χ1n) is 49.2. The molecule has 31 rings (SSSR count). The molecule has 0 saturated carbocycles. The molecule has 0 fully saturated rings. The van der Waals surface area contributed by atoms with Crippen molar-refractivity contribution in [3.05, 3.63) is 481 Å². The van der Waals surface area contributed by atoms with Gasteiger partial charge in [-0.2, -0.15) is 0 Å². The third kappa shape index (κ3) is 11.0. The minimum Gasteiger partial charge on any atom is -0.310 e.